The van der Waals surface area contributed by atoms with Gasteiger partial charge in [-0.05, 0) is 0 Å². The second kappa shape index (κ2) is 11.0. The van der Waals surface area contributed by atoms with Gasteiger partial charge in [-0.2, -0.15) is 0 Å². The summed E-state index contributed by atoms with van der Waals surface area (Å²) in [5.74, 6) is -1.85. The van der Waals surface area contributed by atoms with Crippen LogP contribution in [0.1, 0.15) is 65.7 Å². The topological polar surface area (TPSA) is 74.6 Å². The third-order valence-corrected chi connectivity index (χ3v) is 10.5. The molecule has 0 amide bonds. The van der Waals surface area contributed by atoms with E-state index in [4.69, 9.17) is 5.11 Å². The fourth-order valence-corrected chi connectivity index (χ4v) is 9.32. The van der Waals surface area contributed by atoms with E-state index in [1.807, 2.05) is 0 Å². The molecule has 0 radical (unpaired) electrons. The maximum atomic E-state index is 11.7. The standard InChI is InChI=1S/C16H33O4P/c1-4-7-10-21(11-8-5-2,12-9-6-3)14(16(19)20)13-15(17)18/h14,21H,4-13H2,1-3H3,(H,17,18)(H,19,20). The van der Waals surface area contributed by atoms with Crippen molar-refractivity contribution < 1.29 is 19.8 Å². The van der Waals surface area contributed by atoms with Gasteiger partial charge < -0.3 is 0 Å². The van der Waals surface area contributed by atoms with Gasteiger partial charge in [-0.3, -0.25) is 0 Å². The number of carbonyl (C=O) groups is 2. The van der Waals surface area contributed by atoms with Crippen LogP contribution in [0, 0.1) is 0 Å². The van der Waals surface area contributed by atoms with Gasteiger partial charge in [0.05, 0.1) is 0 Å². The first-order valence-electron chi connectivity index (χ1n) is 8.38. The zero-order valence-electron chi connectivity index (χ0n) is 13.9. The summed E-state index contributed by atoms with van der Waals surface area (Å²) in [4.78, 5) is 22.9. The number of hydrogen-bond donors (Lipinski definition) is 2. The van der Waals surface area contributed by atoms with Crippen molar-refractivity contribution in [1.29, 1.82) is 0 Å². The Kier molecular flexibility index (Phi) is 10.7. The Morgan fingerprint density at radius 1 is 0.857 bits per heavy atom. The molecule has 0 aliphatic rings. The van der Waals surface area contributed by atoms with Crippen molar-refractivity contribution in [3.05, 3.63) is 0 Å². The molecule has 0 saturated carbocycles. The molecule has 0 aliphatic carbocycles. The summed E-state index contributed by atoms with van der Waals surface area (Å²) in [5, 5.41) is 18.8. The molecule has 126 valence electrons. The van der Waals surface area contributed by atoms with Gasteiger partial charge >= 0.3 is 129 Å². The van der Waals surface area contributed by atoms with E-state index in [0.717, 1.165) is 57.0 Å². The first-order chi connectivity index (χ1) is 9.93. The Labute approximate surface area is 129 Å². The predicted octanol–water partition coefficient (Wildman–Crippen LogP) is 4.06. The first kappa shape index (κ1) is 20.4. The fourth-order valence-electron chi connectivity index (χ4n) is 3.22. The number of aliphatic carboxylic acids is 2. The third-order valence-electron chi connectivity index (χ3n) is 4.50. The van der Waals surface area contributed by atoms with Gasteiger partial charge in [0.15, 0.2) is 0 Å². The van der Waals surface area contributed by atoms with Gasteiger partial charge in [-0.25, -0.2) is 0 Å². The molecule has 4 nitrogen and oxygen atoms in total. The Hall–Kier alpha value is -0.630. The van der Waals surface area contributed by atoms with Gasteiger partial charge in [0.25, 0.3) is 0 Å². The quantitative estimate of drug-likeness (QED) is 0.502. The Morgan fingerprint density at radius 3 is 1.48 bits per heavy atom. The summed E-state index contributed by atoms with van der Waals surface area (Å²) in [6.07, 6.45) is 8.94. The van der Waals surface area contributed by atoms with Crippen LogP contribution in [-0.2, 0) is 9.59 Å². The van der Waals surface area contributed by atoms with Gasteiger partial charge in [0.1, 0.15) is 0 Å². The summed E-state index contributed by atoms with van der Waals surface area (Å²) in [6.45, 7) is 6.35. The van der Waals surface area contributed by atoms with Crippen molar-refractivity contribution in [2.24, 2.45) is 0 Å². The van der Waals surface area contributed by atoms with Gasteiger partial charge in [0, 0.05) is 0 Å². The van der Waals surface area contributed by atoms with Gasteiger partial charge in [0.2, 0.25) is 0 Å². The van der Waals surface area contributed by atoms with E-state index in [0.29, 0.717) is 0 Å². The van der Waals surface area contributed by atoms with Crippen molar-refractivity contribution in [3.8, 4) is 0 Å². The van der Waals surface area contributed by atoms with Crippen molar-refractivity contribution in [2.45, 2.75) is 71.4 Å². The van der Waals surface area contributed by atoms with Crippen LogP contribution < -0.4 is 0 Å². The molecule has 0 aromatic rings. The van der Waals surface area contributed by atoms with E-state index in [1.165, 1.54) is 0 Å². The van der Waals surface area contributed by atoms with Crippen LogP contribution in [0.5, 0.6) is 0 Å². The van der Waals surface area contributed by atoms with Gasteiger partial charge in [-0.1, -0.05) is 0 Å². The molecule has 1 unspecified atom stereocenters. The molecular weight excluding hydrogens is 287 g/mol. The molecule has 5 heteroatoms. The Morgan fingerprint density at radius 2 is 1.24 bits per heavy atom. The van der Waals surface area contributed by atoms with Crippen LogP contribution in [0.15, 0.2) is 0 Å². The van der Waals surface area contributed by atoms with Crippen molar-refractivity contribution in [2.75, 3.05) is 18.5 Å². The average Bonchev–Trinajstić information content (AvgIpc) is 2.44. The summed E-state index contributed by atoms with van der Waals surface area (Å²) in [5.41, 5.74) is -0.625. The predicted molar refractivity (Wildman–Crippen MR) is 91.3 cm³/mol. The molecule has 0 heterocycles. The maximum absolute atomic E-state index is 11.7. The number of rotatable bonds is 13. The van der Waals surface area contributed by atoms with Crippen LogP contribution >= 0.6 is 7.26 Å². The number of unbranched alkanes of at least 4 members (excludes halogenated alkanes) is 3. The van der Waals surface area contributed by atoms with Crippen LogP contribution in [0.25, 0.3) is 0 Å². The minimum absolute atomic E-state index is 0.196. The molecule has 0 aromatic heterocycles. The van der Waals surface area contributed by atoms with E-state index in [9.17, 15) is 14.7 Å². The molecule has 0 spiro atoms. The molecule has 1 atom stereocenters. The normalized spacial score (nSPS) is 13.9. The van der Waals surface area contributed by atoms with Crippen molar-refractivity contribution >= 4 is 19.2 Å². The van der Waals surface area contributed by atoms with E-state index in [1.54, 1.807) is 0 Å². The van der Waals surface area contributed by atoms with Crippen molar-refractivity contribution in [3.63, 3.8) is 0 Å². The number of hydrogen-bond acceptors (Lipinski definition) is 2. The van der Waals surface area contributed by atoms with Crippen LogP contribution in [0.4, 0.5) is 0 Å². The third kappa shape index (κ3) is 7.26. The van der Waals surface area contributed by atoms with E-state index >= 15 is 0 Å². The zero-order chi connectivity index (χ0) is 16.3. The van der Waals surface area contributed by atoms with E-state index in [2.05, 4.69) is 20.8 Å². The molecule has 0 bridgehead atoms. The molecule has 0 aromatic carbocycles. The summed E-state index contributed by atoms with van der Waals surface area (Å²) in [7, 11) is -2.09. The molecular formula is C16H33O4P. The van der Waals surface area contributed by atoms with E-state index in [-0.39, 0.29) is 6.42 Å². The Balaban J connectivity index is 5.39. The number of carboxylic acids is 2. The SMILES string of the molecule is CCCC[PH](CCCC)(CCCC)C(CC(=O)O)C(=O)O. The number of carboxylic acid groups (broad SMARTS) is 2. The van der Waals surface area contributed by atoms with E-state index < -0.39 is 24.9 Å². The molecule has 0 aliphatic heterocycles. The van der Waals surface area contributed by atoms with Crippen LogP contribution in [0.3, 0.4) is 0 Å². The average molecular weight is 320 g/mol. The summed E-state index contributed by atoms with van der Waals surface area (Å²) >= 11 is 0. The second-order valence-corrected chi connectivity index (χ2v) is 11.1. The molecule has 0 saturated heterocycles. The van der Waals surface area contributed by atoms with Crippen LogP contribution in [-0.4, -0.2) is 46.3 Å². The Bertz CT molecular complexity index is 296. The fraction of sp³-hybridized carbons (Fsp3) is 0.875. The summed E-state index contributed by atoms with van der Waals surface area (Å²) in [6, 6.07) is 0. The first-order valence-corrected chi connectivity index (χ1v) is 11.1. The zero-order valence-corrected chi connectivity index (χ0v) is 14.9. The molecule has 0 fully saturated rings. The van der Waals surface area contributed by atoms with Crippen molar-refractivity contribution in [1.82, 2.24) is 0 Å². The monoisotopic (exact) mass is 320 g/mol. The summed E-state index contributed by atoms with van der Waals surface area (Å²) < 4.78 is 0. The molecule has 0 rings (SSSR count). The minimum atomic E-state index is -2.09. The van der Waals surface area contributed by atoms with Gasteiger partial charge in [-0.15, -0.1) is 0 Å². The molecule has 21 heavy (non-hydrogen) atoms. The molecule has 2 N–H and O–H groups in total. The second-order valence-electron chi connectivity index (χ2n) is 6.16. The van der Waals surface area contributed by atoms with Crippen LogP contribution in [0.2, 0.25) is 0 Å².